The predicted molar refractivity (Wildman–Crippen MR) is 299 cm³/mol. The van der Waals surface area contributed by atoms with Gasteiger partial charge in [0.05, 0.1) is 10.8 Å². The average Bonchev–Trinajstić information content (AvgIpc) is 3.89. The van der Waals surface area contributed by atoms with Gasteiger partial charge >= 0.3 is 0 Å². The third-order valence-electron chi connectivity index (χ3n) is 12.6. The van der Waals surface area contributed by atoms with Crippen LogP contribution in [0.3, 0.4) is 0 Å². The summed E-state index contributed by atoms with van der Waals surface area (Å²) in [6, 6.07) is 69.3. The lowest BCUT2D eigenvalue weighted by molar-refractivity contribution is 0.765. The highest BCUT2D eigenvalue weighted by molar-refractivity contribution is 5.87. The molecule has 0 fully saturated rings. The Morgan fingerprint density at radius 2 is 0.493 bits per heavy atom. The van der Waals surface area contributed by atoms with Crippen LogP contribution in [0.1, 0.15) is 155 Å². The maximum absolute atomic E-state index is 2.40. The van der Waals surface area contributed by atoms with Gasteiger partial charge < -0.3 is 0 Å². The molecule has 0 unspecified atom stereocenters. The highest BCUT2D eigenvalue weighted by Gasteiger charge is 2.47. The fraction of sp³-hybridized carbons (Fsp3) is 0.284. The Kier molecular flexibility index (Phi) is 22.0. The molecule has 0 saturated heterocycles. The van der Waals surface area contributed by atoms with E-state index in [9.17, 15) is 0 Å². The zero-order valence-electron chi connectivity index (χ0n) is 44.4. The van der Waals surface area contributed by atoms with E-state index >= 15 is 0 Å². The van der Waals surface area contributed by atoms with Gasteiger partial charge in [0.15, 0.2) is 0 Å². The molecule has 350 valence electrons. The molecule has 67 heavy (non-hydrogen) atoms. The van der Waals surface area contributed by atoms with Crippen LogP contribution in [0.25, 0.3) is 22.3 Å². The van der Waals surface area contributed by atoms with Gasteiger partial charge in [-0.15, -0.1) is 0 Å². The van der Waals surface area contributed by atoms with Crippen LogP contribution >= 0.6 is 0 Å². The molecule has 0 amide bonds. The molecule has 0 aromatic heterocycles. The molecule has 2 aliphatic rings. The van der Waals surface area contributed by atoms with E-state index in [1.807, 2.05) is 83.1 Å². The van der Waals surface area contributed by atoms with Crippen LogP contribution in [0.15, 0.2) is 188 Å². The van der Waals surface area contributed by atoms with E-state index in [1.165, 1.54) is 94.6 Å². The third kappa shape index (κ3) is 10.4. The molecular formula is C67H82. The number of hydrogen-bond acceptors (Lipinski definition) is 0. The Bertz CT molecular complexity index is 2580. The topological polar surface area (TPSA) is 0 Å². The van der Waals surface area contributed by atoms with E-state index in [2.05, 4.69) is 223 Å². The van der Waals surface area contributed by atoms with Crippen LogP contribution in [0, 0.1) is 34.6 Å². The molecule has 8 aromatic carbocycles. The van der Waals surface area contributed by atoms with Crippen molar-refractivity contribution in [1.82, 2.24) is 0 Å². The van der Waals surface area contributed by atoms with Crippen molar-refractivity contribution in [3.05, 3.63) is 260 Å². The standard InChI is InChI=1S/C28H24.C27H22.6C2H6/c1-19-17-23(18-20(2)21(19)3)28(22-11-5-4-6-12-22)26-15-9-7-13-24(26)25-14-8-10-16-27(25)28;1-19-16-17-22(18-20(19)2)27(21-10-4-3-5-11-21)25-14-8-6-12-23(25)24-13-7-9-15-26(24)27;6*1-2/h4-18H,1-3H3;3-18H,1-2H3;6*1-2H3. The molecule has 0 N–H and O–H groups in total. The molecule has 0 saturated carbocycles. The van der Waals surface area contributed by atoms with Crippen LogP contribution in [0.5, 0.6) is 0 Å². The normalized spacial score (nSPS) is 11.9. The van der Waals surface area contributed by atoms with Crippen molar-refractivity contribution in [3.63, 3.8) is 0 Å². The summed E-state index contributed by atoms with van der Waals surface area (Å²) >= 11 is 0. The van der Waals surface area contributed by atoms with E-state index in [4.69, 9.17) is 0 Å². The second-order valence-electron chi connectivity index (χ2n) is 15.4. The summed E-state index contributed by atoms with van der Waals surface area (Å²) < 4.78 is 0. The van der Waals surface area contributed by atoms with E-state index < -0.39 is 0 Å². The van der Waals surface area contributed by atoms with Crippen molar-refractivity contribution in [3.8, 4) is 22.3 Å². The Hall–Kier alpha value is -6.24. The van der Waals surface area contributed by atoms with Crippen LogP contribution < -0.4 is 0 Å². The number of hydrogen-bond donors (Lipinski definition) is 0. The van der Waals surface area contributed by atoms with Gasteiger partial charge in [-0.1, -0.05) is 271 Å². The lowest BCUT2D eigenvalue weighted by Crippen LogP contribution is -2.29. The van der Waals surface area contributed by atoms with Gasteiger partial charge in [-0.3, -0.25) is 0 Å². The quantitative estimate of drug-likeness (QED) is 0.165. The van der Waals surface area contributed by atoms with Gasteiger partial charge in [-0.25, -0.2) is 0 Å². The first-order valence-corrected chi connectivity index (χ1v) is 25.5. The van der Waals surface area contributed by atoms with Crippen molar-refractivity contribution >= 4 is 0 Å². The first-order valence-electron chi connectivity index (χ1n) is 25.5. The van der Waals surface area contributed by atoms with E-state index in [0.29, 0.717) is 0 Å². The highest BCUT2D eigenvalue weighted by atomic mass is 14.5. The average molecular weight is 887 g/mol. The minimum absolute atomic E-state index is 0.271. The molecule has 0 aliphatic heterocycles. The van der Waals surface area contributed by atoms with Crippen LogP contribution in [0.4, 0.5) is 0 Å². The smallest absolute Gasteiger partial charge is 0.0683 e. The molecule has 0 heteroatoms. The second-order valence-corrected chi connectivity index (χ2v) is 15.4. The molecule has 8 aromatic rings. The summed E-state index contributed by atoms with van der Waals surface area (Å²) in [5, 5.41) is 0. The van der Waals surface area contributed by atoms with Crippen LogP contribution in [0.2, 0.25) is 0 Å². The van der Waals surface area contributed by atoms with Crippen molar-refractivity contribution in [2.75, 3.05) is 0 Å². The van der Waals surface area contributed by atoms with Crippen molar-refractivity contribution < 1.29 is 0 Å². The summed E-state index contributed by atoms with van der Waals surface area (Å²) in [7, 11) is 0. The first kappa shape index (κ1) is 55.1. The Morgan fingerprint density at radius 1 is 0.224 bits per heavy atom. The van der Waals surface area contributed by atoms with Gasteiger partial charge in [0.25, 0.3) is 0 Å². The number of benzene rings is 8. The molecular weight excluding hydrogens is 805 g/mol. The number of aryl methyl sites for hydroxylation is 4. The molecule has 0 bridgehead atoms. The molecule has 0 radical (unpaired) electrons. The lowest BCUT2D eigenvalue weighted by atomic mass is 9.67. The van der Waals surface area contributed by atoms with Gasteiger partial charge in [-0.2, -0.15) is 0 Å². The van der Waals surface area contributed by atoms with Gasteiger partial charge in [0.1, 0.15) is 0 Å². The highest BCUT2D eigenvalue weighted by Crippen LogP contribution is 2.57. The Balaban J connectivity index is 0.000000291. The van der Waals surface area contributed by atoms with E-state index in [-0.39, 0.29) is 10.8 Å². The van der Waals surface area contributed by atoms with Gasteiger partial charge in [-0.05, 0) is 129 Å². The van der Waals surface area contributed by atoms with Crippen molar-refractivity contribution in [1.29, 1.82) is 0 Å². The third-order valence-corrected chi connectivity index (χ3v) is 12.6. The fourth-order valence-electron chi connectivity index (χ4n) is 9.65. The van der Waals surface area contributed by atoms with Gasteiger partial charge in [0.2, 0.25) is 0 Å². The van der Waals surface area contributed by atoms with Gasteiger partial charge in [0, 0.05) is 0 Å². The maximum atomic E-state index is 2.40. The molecule has 0 heterocycles. The fourth-order valence-corrected chi connectivity index (χ4v) is 9.65. The van der Waals surface area contributed by atoms with Crippen LogP contribution in [-0.4, -0.2) is 0 Å². The number of fused-ring (bicyclic) bond motifs is 6. The first-order chi connectivity index (χ1) is 32.9. The van der Waals surface area contributed by atoms with Crippen molar-refractivity contribution in [2.24, 2.45) is 0 Å². The molecule has 0 atom stereocenters. The zero-order chi connectivity index (χ0) is 49.7. The summed E-state index contributed by atoms with van der Waals surface area (Å²) in [6.07, 6.45) is 0. The minimum Gasteiger partial charge on any atom is -0.0683 e. The molecule has 2 aliphatic carbocycles. The predicted octanol–water partition coefficient (Wildman–Crippen LogP) is 19.8. The summed E-state index contributed by atoms with van der Waals surface area (Å²) in [6.45, 7) is 35.1. The van der Waals surface area contributed by atoms with E-state index in [0.717, 1.165) is 0 Å². The Labute approximate surface area is 409 Å². The minimum atomic E-state index is -0.280. The zero-order valence-corrected chi connectivity index (χ0v) is 44.4. The molecule has 0 spiro atoms. The van der Waals surface area contributed by atoms with Crippen molar-refractivity contribution in [2.45, 2.75) is 129 Å². The molecule has 0 nitrogen and oxygen atoms in total. The number of rotatable bonds is 4. The summed E-state index contributed by atoms with van der Waals surface area (Å²) in [4.78, 5) is 0. The summed E-state index contributed by atoms with van der Waals surface area (Å²) in [5.41, 5.74) is 22.5. The Morgan fingerprint density at radius 3 is 0.806 bits per heavy atom. The molecule has 10 rings (SSSR count). The lowest BCUT2D eigenvalue weighted by Gasteiger charge is -2.34. The second kappa shape index (κ2) is 26.8. The van der Waals surface area contributed by atoms with E-state index in [1.54, 1.807) is 0 Å². The largest absolute Gasteiger partial charge is 0.0713 e. The summed E-state index contributed by atoms with van der Waals surface area (Å²) in [5.74, 6) is 0. The maximum Gasteiger partial charge on any atom is 0.0713 e. The van der Waals surface area contributed by atoms with Crippen LogP contribution in [-0.2, 0) is 10.8 Å². The monoisotopic (exact) mass is 887 g/mol. The SMILES string of the molecule is CC.CC.CC.CC.CC.CC.Cc1cc(C2(c3ccccc3)c3ccccc3-c3ccccc32)cc(C)c1C.Cc1ccc(C2(c3ccccc3)c3ccccc3-c3ccccc32)cc1C.